The van der Waals surface area contributed by atoms with Crippen molar-refractivity contribution >= 4 is 29.1 Å². The summed E-state index contributed by atoms with van der Waals surface area (Å²) in [5.41, 5.74) is 1.34. The molecule has 2 rings (SSSR count). The first-order valence-corrected chi connectivity index (χ1v) is 7.12. The first-order chi connectivity index (χ1) is 8.56. The normalized spacial score (nSPS) is 17.7. The van der Waals surface area contributed by atoms with Crippen LogP contribution in [0.5, 0.6) is 0 Å². The number of amides is 1. The Balaban J connectivity index is 2.13. The molecule has 0 heterocycles. The molecule has 1 saturated carbocycles. The average molecular weight is 286 g/mol. The van der Waals surface area contributed by atoms with Crippen LogP contribution in [0.2, 0.25) is 5.02 Å². The zero-order valence-corrected chi connectivity index (χ0v) is 11.9. The molecular weight excluding hydrogens is 269 g/mol. The molecule has 1 aliphatic carbocycles. The van der Waals surface area contributed by atoms with Crippen molar-refractivity contribution < 1.29 is 4.79 Å². The van der Waals surface area contributed by atoms with E-state index in [9.17, 15) is 4.79 Å². The van der Waals surface area contributed by atoms with E-state index >= 15 is 0 Å². The molecule has 1 aliphatic rings. The Morgan fingerprint density at radius 1 is 1.39 bits per heavy atom. The van der Waals surface area contributed by atoms with Gasteiger partial charge in [-0.25, -0.2) is 0 Å². The number of nitrogens with one attached hydrogen (secondary N) is 1. The number of hydrogen-bond donors (Lipinski definition) is 1. The van der Waals surface area contributed by atoms with Gasteiger partial charge in [-0.2, -0.15) is 0 Å². The van der Waals surface area contributed by atoms with Crippen molar-refractivity contribution in [3.05, 3.63) is 34.3 Å². The van der Waals surface area contributed by atoms with Crippen molar-refractivity contribution in [1.82, 2.24) is 5.32 Å². The fourth-order valence-corrected chi connectivity index (χ4v) is 2.89. The molecule has 1 amide bonds. The Labute approximate surface area is 118 Å². The van der Waals surface area contributed by atoms with E-state index in [1.807, 2.05) is 13.0 Å². The van der Waals surface area contributed by atoms with Crippen LogP contribution in [0.25, 0.3) is 0 Å². The monoisotopic (exact) mass is 285 g/mol. The summed E-state index contributed by atoms with van der Waals surface area (Å²) in [7, 11) is 0. The van der Waals surface area contributed by atoms with Gasteiger partial charge in [0.15, 0.2) is 0 Å². The van der Waals surface area contributed by atoms with Crippen LogP contribution in [0.3, 0.4) is 0 Å². The molecule has 0 unspecified atom stereocenters. The number of rotatable bonds is 3. The highest BCUT2D eigenvalue weighted by molar-refractivity contribution is 6.31. The van der Waals surface area contributed by atoms with Crippen molar-refractivity contribution in [3.8, 4) is 0 Å². The number of carbonyl (C=O) groups is 1. The SMILES string of the molecule is Cc1cc(C(=O)NC2(CCl)CCCC2)ccc1Cl. The second-order valence-electron chi connectivity index (χ2n) is 5.04. The van der Waals surface area contributed by atoms with E-state index in [1.165, 1.54) is 0 Å². The standard InChI is InChI=1S/C14H17Cl2NO/c1-10-8-11(4-5-12(10)16)13(18)17-14(9-15)6-2-3-7-14/h4-5,8H,2-3,6-7,9H2,1H3,(H,17,18). The van der Waals surface area contributed by atoms with Gasteiger partial charge < -0.3 is 5.32 Å². The number of carbonyl (C=O) groups excluding carboxylic acids is 1. The molecule has 0 bridgehead atoms. The Hall–Kier alpha value is -0.730. The molecular formula is C14H17Cl2NO. The highest BCUT2D eigenvalue weighted by Gasteiger charge is 2.34. The van der Waals surface area contributed by atoms with Gasteiger partial charge in [0.05, 0.1) is 5.54 Å². The maximum atomic E-state index is 12.2. The highest BCUT2D eigenvalue weighted by atomic mass is 35.5. The summed E-state index contributed by atoms with van der Waals surface area (Å²) in [6.45, 7) is 1.89. The van der Waals surface area contributed by atoms with E-state index in [2.05, 4.69) is 5.32 Å². The molecule has 2 nitrogen and oxygen atoms in total. The van der Waals surface area contributed by atoms with E-state index in [-0.39, 0.29) is 11.4 Å². The minimum absolute atomic E-state index is 0.0580. The molecule has 0 aliphatic heterocycles. The Morgan fingerprint density at radius 3 is 2.61 bits per heavy atom. The Kier molecular flexibility index (Phi) is 4.18. The summed E-state index contributed by atoms with van der Waals surface area (Å²) in [6.07, 6.45) is 4.20. The van der Waals surface area contributed by atoms with Crippen LogP contribution in [-0.2, 0) is 0 Å². The molecule has 1 aromatic rings. The summed E-state index contributed by atoms with van der Waals surface area (Å²) >= 11 is 12.0. The molecule has 98 valence electrons. The third kappa shape index (κ3) is 2.81. The van der Waals surface area contributed by atoms with E-state index in [4.69, 9.17) is 23.2 Å². The predicted molar refractivity (Wildman–Crippen MR) is 75.6 cm³/mol. The minimum atomic E-state index is -0.216. The summed E-state index contributed by atoms with van der Waals surface area (Å²) < 4.78 is 0. The van der Waals surface area contributed by atoms with Gasteiger partial charge in [-0.05, 0) is 43.5 Å². The van der Waals surface area contributed by atoms with E-state index in [1.54, 1.807) is 12.1 Å². The number of halogens is 2. The largest absolute Gasteiger partial charge is 0.345 e. The Morgan fingerprint density at radius 2 is 2.06 bits per heavy atom. The van der Waals surface area contributed by atoms with Gasteiger partial charge in [0.2, 0.25) is 0 Å². The van der Waals surface area contributed by atoms with E-state index in [0.717, 1.165) is 31.2 Å². The van der Waals surface area contributed by atoms with Crippen molar-refractivity contribution in [2.75, 3.05) is 5.88 Å². The Bertz CT molecular complexity index is 453. The number of benzene rings is 1. The third-order valence-corrected chi connectivity index (χ3v) is 4.55. The van der Waals surface area contributed by atoms with Gasteiger partial charge in [-0.1, -0.05) is 24.4 Å². The van der Waals surface area contributed by atoms with Crippen molar-refractivity contribution in [2.45, 2.75) is 38.1 Å². The lowest BCUT2D eigenvalue weighted by Gasteiger charge is -2.28. The lowest BCUT2D eigenvalue weighted by atomic mass is 9.99. The van der Waals surface area contributed by atoms with Crippen LogP contribution < -0.4 is 5.32 Å². The fourth-order valence-electron chi connectivity index (χ4n) is 2.44. The molecule has 1 N–H and O–H groups in total. The summed E-state index contributed by atoms with van der Waals surface area (Å²) in [5.74, 6) is 0.419. The zero-order valence-electron chi connectivity index (χ0n) is 10.4. The quantitative estimate of drug-likeness (QED) is 0.838. The first kappa shape index (κ1) is 13.7. The summed E-state index contributed by atoms with van der Waals surface area (Å²) in [6, 6.07) is 5.32. The molecule has 0 radical (unpaired) electrons. The van der Waals surface area contributed by atoms with Crippen LogP contribution in [-0.4, -0.2) is 17.3 Å². The summed E-state index contributed by atoms with van der Waals surface area (Å²) in [5, 5.41) is 3.77. The van der Waals surface area contributed by atoms with Crippen LogP contribution in [0, 0.1) is 6.92 Å². The third-order valence-electron chi connectivity index (χ3n) is 3.62. The van der Waals surface area contributed by atoms with Crippen LogP contribution in [0.4, 0.5) is 0 Å². The molecule has 0 atom stereocenters. The molecule has 0 saturated heterocycles. The highest BCUT2D eigenvalue weighted by Crippen LogP contribution is 2.31. The van der Waals surface area contributed by atoms with Gasteiger partial charge >= 0.3 is 0 Å². The molecule has 18 heavy (non-hydrogen) atoms. The topological polar surface area (TPSA) is 29.1 Å². The van der Waals surface area contributed by atoms with E-state index < -0.39 is 0 Å². The average Bonchev–Trinajstić information content (AvgIpc) is 2.82. The van der Waals surface area contributed by atoms with Crippen LogP contribution in [0.1, 0.15) is 41.6 Å². The molecule has 0 aromatic heterocycles. The van der Waals surface area contributed by atoms with Gasteiger partial charge in [0, 0.05) is 16.5 Å². The van der Waals surface area contributed by atoms with Gasteiger partial charge in [0.1, 0.15) is 0 Å². The number of alkyl halides is 1. The van der Waals surface area contributed by atoms with Crippen molar-refractivity contribution in [2.24, 2.45) is 0 Å². The zero-order chi connectivity index (χ0) is 13.2. The molecule has 1 fully saturated rings. The van der Waals surface area contributed by atoms with Gasteiger partial charge in [-0.15, -0.1) is 11.6 Å². The van der Waals surface area contributed by atoms with E-state index in [0.29, 0.717) is 16.5 Å². The second-order valence-corrected chi connectivity index (χ2v) is 5.71. The second kappa shape index (κ2) is 5.50. The maximum Gasteiger partial charge on any atom is 0.251 e. The van der Waals surface area contributed by atoms with Gasteiger partial charge in [0.25, 0.3) is 5.91 Å². The molecule has 0 spiro atoms. The summed E-state index contributed by atoms with van der Waals surface area (Å²) in [4.78, 5) is 12.2. The molecule has 1 aromatic carbocycles. The van der Waals surface area contributed by atoms with Crippen LogP contribution in [0.15, 0.2) is 18.2 Å². The van der Waals surface area contributed by atoms with Crippen molar-refractivity contribution in [3.63, 3.8) is 0 Å². The smallest absolute Gasteiger partial charge is 0.251 e. The minimum Gasteiger partial charge on any atom is -0.345 e. The lowest BCUT2D eigenvalue weighted by Crippen LogP contribution is -2.47. The first-order valence-electron chi connectivity index (χ1n) is 6.21. The number of aryl methyl sites for hydroxylation is 1. The fraction of sp³-hybridized carbons (Fsp3) is 0.500. The van der Waals surface area contributed by atoms with Crippen molar-refractivity contribution in [1.29, 1.82) is 0 Å². The van der Waals surface area contributed by atoms with Crippen LogP contribution >= 0.6 is 23.2 Å². The lowest BCUT2D eigenvalue weighted by molar-refractivity contribution is 0.0909. The maximum absolute atomic E-state index is 12.2. The predicted octanol–water partition coefficient (Wildman–Crippen LogP) is 3.93. The number of hydrogen-bond acceptors (Lipinski definition) is 1. The molecule has 4 heteroatoms. The van der Waals surface area contributed by atoms with Gasteiger partial charge in [-0.3, -0.25) is 4.79 Å².